The Morgan fingerprint density at radius 3 is 0.483 bits per heavy atom. The van der Waals surface area contributed by atoms with Crippen LogP contribution in [-0.4, -0.2) is 40.4 Å². The molecule has 0 aliphatic heterocycles. The van der Waals surface area contributed by atoms with E-state index in [1.807, 2.05) is 97.1 Å². The Kier molecular flexibility index (Phi) is 19.8. The maximum Gasteiger partial charge on any atom is 0.144 e. The summed E-state index contributed by atoms with van der Waals surface area (Å²) in [5.74, 6) is -3.72. The van der Waals surface area contributed by atoms with E-state index in [2.05, 4.69) is 44.2 Å². The van der Waals surface area contributed by atoms with E-state index in [0.29, 0.717) is 133 Å². The molecule has 4 heterocycles. The van der Waals surface area contributed by atoms with Crippen LogP contribution in [0.25, 0.3) is 176 Å². The minimum atomic E-state index is -0.406. The lowest BCUT2D eigenvalue weighted by Crippen LogP contribution is -1.94. The molecule has 20 heteroatoms. The van der Waals surface area contributed by atoms with Gasteiger partial charge in [0, 0.05) is 88.1 Å². The van der Waals surface area contributed by atoms with E-state index in [0.717, 1.165) is 43.6 Å². The molecule has 576 valence electrons. The van der Waals surface area contributed by atoms with Crippen LogP contribution in [0.2, 0.25) is 0 Å². The van der Waals surface area contributed by atoms with Crippen LogP contribution in [-0.2, 0) is 0 Å². The molecule has 12 nitrogen and oxygen atoms in total. The molecule has 120 heavy (non-hydrogen) atoms. The summed E-state index contributed by atoms with van der Waals surface area (Å²) in [5, 5.41) is 89.2. The molecule has 0 aliphatic rings. The minimum Gasteiger partial charge on any atom is -0.506 e. The molecular formula is C100H56F8N8O4. The van der Waals surface area contributed by atoms with Gasteiger partial charge in [-0.25, -0.2) is 35.1 Å². The van der Waals surface area contributed by atoms with Crippen molar-refractivity contribution in [1.82, 2.24) is 19.9 Å². The average Bonchev–Trinajstić information content (AvgIpc) is 1.56. The van der Waals surface area contributed by atoms with Crippen LogP contribution in [0.5, 0.6) is 23.0 Å². The zero-order valence-corrected chi connectivity index (χ0v) is 62.3. The summed E-state index contributed by atoms with van der Waals surface area (Å²) in [6.07, 6.45) is 0. The fourth-order valence-electron chi connectivity index (χ4n) is 16.0. The van der Waals surface area contributed by atoms with Crippen molar-refractivity contribution in [3.63, 3.8) is 0 Å². The first-order valence-electron chi connectivity index (χ1n) is 37.2. The largest absolute Gasteiger partial charge is 0.506 e. The van der Waals surface area contributed by atoms with Gasteiger partial charge in [-0.2, -0.15) is 21.0 Å². The second-order valence-electron chi connectivity index (χ2n) is 28.1. The molecule has 0 atom stereocenters. The highest BCUT2D eigenvalue weighted by Crippen LogP contribution is 2.53. The number of aromatic nitrogens is 4. The van der Waals surface area contributed by atoms with Crippen molar-refractivity contribution < 1.29 is 55.5 Å². The van der Waals surface area contributed by atoms with Crippen LogP contribution in [0, 0.1) is 91.9 Å². The number of hydrogen-bond donors (Lipinski definition) is 8. The summed E-state index contributed by atoms with van der Waals surface area (Å²) >= 11 is 0. The number of phenols is 4. The summed E-state index contributed by atoms with van der Waals surface area (Å²) in [7, 11) is 0. The van der Waals surface area contributed by atoms with Crippen LogP contribution in [0.3, 0.4) is 0 Å². The second kappa shape index (κ2) is 31.3. The molecule has 0 saturated heterocycles. The number of hydrogen-bond acceptors (Lipinski definition) is 8. The third-order valence-electron chi connectivity index (χ3n) is 21.2. The number of benzene rings is 16. The monoisotopic (exact) mass is 1580 g/mol. The lowest BCUT2D eigenvalue weighted by molar-refractivity contribution is 0.480. The highest BCUT2D eigenvalue weighted by Gasteiger charge is 2.30. The highest BCUT2D eigenvalue weighted by molar-refractivity contribution is 6.23. The van der Waals surface area contributed by atoms with Gasteiger partial charge in [0.1, 0.15) is 116 Å². The molecule has 8 N–H and O–H groups in total. The molecule has 0 unspecified atom stereocenters. The van der Waals surface area contributed by atoms with Gasteiger partial charge in [-0.05, 0) is 166 Å². The predicted molar refractivity (Wildman–Crippen MR) is 452 cm³/mol. The third-order valence-corrected chi connectivity index (χ3v) is 21.2. The zero-order valence-electron chi connectivity index (χ0n) is 62.3. The number of nitriles is 4. The summed E-state index contributed by atoms with van der Waals surface area (Å²) in [4.78, 5) is 13.3. The quantitative estimate of drug-likeness (QED) is 0.0679. The molecular weight excluding hydrogens is 1530 g/mol. The predicted octanol–water partition coefficient (Wildman–Crippen LogP) is 26.0. The van der Waals surface area contributed by atoms with E-state index < -0.39 is 23.3 Å². The Morgan fingerprint density at radius 2 is 0.333 bits per heavy atom. The van der Waals surface area contributed by atoms with Gasteiger partial charge < -0.3 is 40.4 Å². The van der Waals surface area contributed by atoms with Crippen molar-refractivity contribution in [2.24, 2.45) is 0 Å². The number of nitrogens with zero attached hydrogens (tertiary/aromatic N) is 4. The molecule has 20 aromatic rings. The van der Waals surface area contributed by atoms with Gasteiger partial charge >= 0.3 is 0 Å². The third kappa shape index (κ3) is 13.5. The van der Waals surface area contributed by atoms with Crippen molar-refractivity contribution in [2.75, 3.05) is 0 Å². The zero-order chi connectivity index (χ0) is 83.3. The van der Waals surface area contributed by atoms with Crippen molar-refractivity contribution in [3.8, 4) is 136 Å². The Labute approximate surface area is 676 Å². The van der Waals surface area contributed by atoms with Crippen molar-refractivity contribution in [2.45, 2.75) is 0 Å². The number of para-hydroxylation sites is 4. The number of phenolic OH excluding ortho intramolecular Hbond substituents is 4. The summed E-state index contributed by atoms with van der Waals surface area (Å²) in [6, 6.07) is 85.0. The number of H-pyrrole nitrogens is 4. The molecule has 0 saturated carbocycles. The average molecular weight is 1590 g/mol. The molecule has 0 amide bonds. The Bertz CT molecular complexity index is 6760. The molecule has 0 aliphatic carbocycles. The van der Waals surface area contributed by atoms with E-state index in [9.17, 15) is 76.6 Å². The maximum absolute atomic E-state index is 13.6. The smallest absolute Gasteiger partial charge is 0.144 e. The number of aromatic amines is 4. The van der Waals surface area contributed by atoms with Crippen molar-refractivity contribution in [1.29, 1.82) is 21.0 Å². The Balaban J connectivity index is 0.000000114. The lowest BCUT2D eigenvalue weighted by atomic mass is 9.87. The van der Waals surface area contributed by atoms with Crippen LogP contribution in [0.15, 0.2) is 291 Å². The van der Waals surface area contributed by atoms with Gasteiger partial charge in [0.15, 0.2) is 0 Å². The lowest BCUT2D eigenvalue weighted by Gasteiger charge is -2.16. The standard InChI is InChI=1S/4C25H14F2N2O/c4*26-16-9-5-14(6-10-16)21-19(13-28)25(30)23-18-3-1-2-4-20(18)29-24(23)22(21)15-7-11-17(27)12-8-15/h4*1-12,29-30H. The fourth-order valence-corrected chi connectivity index (χ4v) is 16.0. The Hall–Kier alpha value is -16.7. The number of halogens is 8. The number of fused-ring (bicyclic) bond motifs is 12. The first-order valence-corrected chi connectivity index (χ1v) is 37.2. The summed E-state index contributed by atoms with van der Waals surface area (Å²) in [5.41, 5.74) is 15.4. The van der Waals surface area contributed by atoms with E-state index in [4.69, 9.17) is 0 Å². The van der Waals surface area contributed by atoms with Crippen LogP contribution in [0.4, 0.5) is 35.1 Å². The minimum absolute atomic E-state index is 0.0817. The van der Waals surface area contributed by atoms with Crippen molar-refractivity contribution >= 4 is 87.2 Å². The molecule has 4 aromatic heterocycles. The second-order valence-corrected chi connectivity index (χ2v) is 28.1. The van der Waals surface area contributed by atoms with E-state index >= 15 is 0 Å². The van der Waals surface area contributed by atoms with Gasteiger partial charge in [0.2, 0.25) is 0 Å². The van der Waals surface area contributed by atoms with Gasteiger partial charge in [-0.15, -0.1) is 0 Å². The van der Waals surface area contributed by atoms with Crippen LogP contribution < -0.4 is 0 Å². The molecule has 0 bridgehead atoms. The normalized spacial score (nSPS) is 11.1. The Morgan fingerprint density at radius 1 is 0.192 bits per heavy atom. The number of rotatable bonds is 8. The van der Waals surface area contributed by atoms with Crippen LogP contribution in [0.1, 0.15) is 22.3 Å². The SMILES string of the molecule is N#Cc1c(-c2ccc(F)cc2)c(-c2ccc(F)cc2)c2[nH]c3ccccc3c2c1O.N#Cc1c(-c2ccc(F)cc2)c(-c2ccc(F)cc2)c2[nH]c3ccccc3c2c1O.N#Cc1c(-c2ccc(F)cc2)c(-c2ccc(F)cc2)c2[nH]c3ccccc3c2c1O.N#Cc1c(-c2ccc(F)cc2)c(-c2ccc(F)cc2)c2[nH]c3ccccc3c2c1O. The summed E-state index contributed by atoms with van der Waals surface area (Å²) in [6.45, 7) is 0. The first kappa shape index (κ1) is 76.0. The fraction of sp³-hybridized carbons (Fsp3) is 0. The molecule has 0 spiro atoms. The molecule has 20 rings (SSSR count). The summed E-state index contributed by atoms with van der Waals surface area (Å²) < 4.78 is 109. The van der Waals surface area contributed by atoms with Crippen molar-refractivity contribution in [3.05, 3.63) is 360 Å². The number of nitrogens with one attached hydrogen (secondary N) is 4. The van der Waals surface area contributed by atoms with E-state index in [1.165, 1.54) is 97.1 Å². The first-order chi connectivity index (χ1) is 58.3. The van der Waals surface area contributed by atoms with E-state index in [1.54, 1.807) is 97.1 Å². The molecule has 0 fully saturated rings. The van der Waals surface area contributed by atoms with Crippen LogP contribution >= 0.6 is 0 Å². The van der Waals surface area contributed by atoms with Gasteiger partial charge in [-0.3, -0.25) is 0 Å². The number of aromatic hydroxyl groups is 4. The maximum atomic E-state index is 13.6. The van der Waals surface area contributed by atoms with Gasteiger partial charge in [0.25, 0.3) is 0 Å². The van der Waals surface area contributed by atoms with Gasteiger partial charge in [-0.1, -0.05) is 170 Å². The highest BCUT2D eigenvalue weighted by atomic mass is 19.2. The topological polar surface area (TPSA) is 239 Å². The molecule has 0 radical (unpaired) electrons. The molecule has 16 aromatic carbocycles. The van der Waals surface area contributed by atoms with Gasteiger partial charge in [0.05, 0.1) is 43.6 Å². The van der Waals surface area contributed by atoms with E-state index in [-0.39, 0.29) is 68.5 Å².